The Labute approximate surface area is 213 Å². The van der Waals surface area contributed by atoms with Gasteiger partial charge in [0, 0.05) is 17.4 Å². The predicted molar refractivity (Wildman–Crippen MR) is 136 cm³/mol. The van der Waals surface area contributed by atoms with Gasteiger partial charge >= 0.3 is 5.69 Å². The second-order valence-corrected chi connectivity index (χ2v) is 8.91. The molecular weight excluding hydrogens is 505 g/mol. The van der Waals surface area contributed by atoms with Crippen LogP contribution >= 0.6 is 23.2 Å². The second kappa shape index (κ2) is 9.53. The van der Waals surface area contributed by atoms with Gasteiger partial charge in [-0.3, -0.25) is 10.4 Å². The fraction of sp³-hybridized carbons (Fsp3) is 0.130. The smallest absolute Gasteiger partial charge is 0.333 e. The van der Waals surface area contributed by atoms with E-state index < -0.39 is 5.69 Å². The van der Waals surface area contributed by atoms with Crippen LogP contribution in [-0.4, -0.2) is 48.7 Å². The van der Waals surface area contributed by atoms with Crippen molar-refractivity contribution in [2.45, 2.75) is 6.54 Å². The van der Waals surface area contributed by atoms with Crippen LogP contribution in [0.3, 0.4) is 0 Å². The minimum Gasteiger partial charge on any atom is -0.338 e. The Morgan fingerprint density at radius 3 is 2.53 bits per heavy atom. The first kappa shape index (κ1) is 23.7. The highest BCUT2D eigenvalue weighted by molar-refractivity contribution is 6.37. The number of benzene rings is 2. The normalized spacial score (nSPS) is 11.4. The molecule has 0 unspecified atom stereocenters. The van der Waals surface area contributed by atoms with Crippen LogP contribution < -0.4 is 16.5 Å². The van der Waals surface area contributed by atoms with Crippen molar-refractivity contribution in [3.63, 3.8) is 0 Å². The number of halogens is 2. The lowest BCUT2D eigenvalue weighted by Crippen LogP contribution is -2.34. The fourth-order valence-corrected chi connectivity index (χ4v) is 4.11. The molecule has 3 heterocycles. The number of aromatic amines is 1. The van der Waals surface area contributed by atoms with E-state index in [0.29, 0.717) is 29.3 Å². The van der Waals surface area contributed by atoms with E-state index >= 15 is 0 Å². The highest BCUT2D eigenvalue weighted by atomic mass is 35.5. The maximum Gasteiger partial charge on any atom is 0.333 e. The Morgan fingerprint density at radius 2 is 1.83 bits per heavy atom. The highest BCUT2D eigenvalue weighted by Gasteiger charge is 2.15. The van der Waals surface area contributed by atoms with Gasteiger partial charge in [-0.1, -0.05) is 34.4 Å². The maximum atomic E-state index is 12.8. The Morgan fingerprint density at radius 1 is 1.11 bits per heavy atom. The molecule has 0 radical (unpaired) electrons. The van der Waals surface area contributed by atoms with Crippen molar-refractivity contribution in [2.75, 3.05) is 19.4 Å². The van der Waals surface area contributed by atoms with Gasteiger partial charge in [0.25, 0.3) is 0 Å². The Kier molecular flexibility index (Phi) is 6.27. The van der Waals surface area contributed by atoms with Crippen LogP contribution in [0.1, 0.15) is 5.89 Å². The Hall–Kier alpha value is -4.06. The summed E-state index contributed by atoms with van der Waals surface area (Å²) in [6, 6.07) is 12.2. The molecule has 0 saturated carbocycles. The molecule has 5 rings (SSSR count). The summed E-state index contributed by atoms with van der Waals surface area (Å²) in [5.41, 5.74) is 1.15. The lowest BCUT2D eigenvalue weighted by atomic mass is 10.2. The van der Waals surface area contributed by atoms with Gasteiger partial charge in [-0.05, 0) is 50.5 Å². The number of nitrogens with one attached hydrogen (secondary N) is 3. The van der Waals surface area contributed by atoms with Crippen LogP contribution in [0.25, 0.3) is 28.1 Å². The summed E-state index contributed by atoms with van der Waals surface area (Å²) < 4.78 is 6.35. The minimum absolute atomic E-state index is 0.145. The van der Waals surface area contributed by atoms with Crippen molar-refractivity contribution >= 4 is 45.9 Å². The van der Waals surface area contributed by atoms with Gasteiger partial charge in [-0.2, -0.15) is 9.97 Å². The number of rotatable bonds is 6. The molecule has 0 aliphatic heterocycles. The summed E-state index contributed by atoms with van der Waals surface area (Å²) >= 11 is 12.5. The van der Waals surface area contributed by atoms with Crippen LogP contribution in [0.2, 0.25) is 10.0 Å². The first-order chi connectivity index (χ1) is 17.3. The van der Waals surface area contributed by atoms with E-state index in [1.165, 1.54) is 6.20 Å². The molecule has 3 N–H and O–H groups in total. The van der Waals surface area contributed by atoms with Gasteiger partial charge < -0.3 is 14.7 Å². The molecule has 13 heteroatoms. The standard InChI is InChI=1S/C23H19Cl2N9O2/c1-33(2)11-17-29-20(32-36-17)12-6-8-13(9-7-12)28-22-27-10-14-19(26)34(23(35)31-21(14)30-22)18-15(24)4-3-5-16(18)25/h3-10,26H,11H2,1-2H3,(H2,27,28,30,31,35). The van der Waals surface area contributed by atoms with E-state index in [1.807, 2.05) is 43.3 Å². The first-order valence-electron chi connectivity index (χ1n) is 10.7. The topological polar surface area (TPSA) is 142 Å². The SMILES string of the molecule is CN(C)Cc1nc(-c2ccc(Nc3ncc4c(=N)n(-c5c(Cl)cccc5Cl)c(=O)[nH]c4n3)cc2)no1. The lowest BCUT2D eigenvalue weighted by molar-refractivity contribution is 0.303. The van der Waals surface area contributed by atoms with Gasteiger partial charge in [0.05, 0.1) is 27.7 Å². The van der Waals surface area contributed by atoms with E-state index in [4.69, 9.17) is 33.1 Å². The quantitative estimate of drug-likeness (QED) is 0.305. The third-order valence-electron chi connectivity index (χ3n) is 5.18. The van der Waals surface area contributed by atoms with Crippen molar-refractivity contribution in [3.8, 4) is 17.1 Å². The largest absolute Gasteiger partial charge is 0.338 e. The number of aromatic nitrogens is 6. The second-order valence-electron chi connectivity index (χ2n) is 8.09. The van der Waals surface area contributed by atoms with Crippen molar-refractivity contribution in [2.24, 2.45) is 0 Å². The van der Waals surface area contributed by atoms with Crippen LogP contribution in [0.15, 0.2) is 58.0 Å². The van der Waals surface area contributed by atoms with Gasteiger partial charge in [-0.25, -0.2) is 14.3 Å². The molecule has 0 atom stereocenters. The molecule has 11 nitrogen and oxygen atoms in total. The number of hydrogen-bond acceptors (Lipinski definition) is 9. The molecule has 5 aromatic rings. The Balaban J connectivity index is 1.42. The van der Waals surface area contributed by atoms with Gasteiger partial charge in [0.1, 0.15) is 5.49 Å². The monoisotopic (exact) mass is 523 g/mol. The molecule has 36 heavy (non-hydrogen) atoms. The van der Waals surface area contributed by atoms with Crippen LogP contribution in [0.4, 0.5) is 11.6 Å². The molecular formula is C23H19Cl2N9O2. The molecule has 0 aliphatic rings. The fourth-order valence-electron chi connectivity index (χ4n) is 3.54. The number of anilines is 2. The summed E-state index contributed by atoms with van der Waals surface area (Å²) in [6.45, 7) is 0.555. The van der Waals surface area contributed by atoms with Gasteiger partial charge in [-0.15, -0.1) is 0 Å². The molecule has 0 fully saturated rings. The number of hydrogen-bond donors (Lipinski definition) is 3. The molecule has 0 saturated heterocycles. The van der Waals surface area contributed by atoms with E-state index in [2.05, 4.69) is 30.4 Å². The summed E-state index contributed by atoms with van der Waals surface area (Å²) in [5.74, 6) is 1.27. The maximum absolute atomic E-state index is 12.8. The summed E-state index contributed by atoms with van der Waals surface area (Å²) in [5, 5.41) is 16.4. The number of H-pyrrole nitrogens is 1. The van der Waals surface area contributed by atoms with E-state index in [9.17, 15) is 4.79 Å². The molecule has 0 amide bonds. The van der Waals surface area contributed by atoms with Crippen LogP contribution in [-0.2, 0) is 6.54 Å². The predicted octanol–water partition coefficient (Wildman–Crippen LogP) is 3.75. The molecule has 3 aromatic heterocycles. The van der Waals surface area contributed by atoms with Gasteiger partial charge in [0.2, 0.25) is 17.7 Å². The van der Waals surface area contributed by atoms with Crippen LogP contribution in [0, 0.1) is 5.41 Å². The molecule has 0 aliphatic carbocycles. The minimum atomic E-state index is -0.606. The van der Waals surface area contributed by atoms with Crippen molar-refractivity contribution in [3.05, 3.63) is 80.6 Å². The van der Waals surface area contributed by atoms with E-state index in [1.54, 1.807) is 18.2 Å². The third-order valence-corrected chi connectivity index (χ3v) is 5.79. The highest BCUT2D eigenvalue weighted by Crippen LogP contribution is 2.26. The summed E-state index contributed by atoms with van der Waals surface area (Å²) in [6.07, 6.45) is 1.45. The average molecular weight is 524 g/mol. The van der Waals surface area contributed by atoms with Gasteiger partial charge in [0.15, 0.2) is 5.65 Å². The average Bonchev–Trinajstić information content (AvgIpc) is 3.29. The Bertz CT molecular complexity index is 1670. The van der Waals surface area contributed by atoms with E-state index in [0.717, 1.165) is 10.1 Å². The third kappa shape index (κ3) is 4.59. The molecule has 2 aromatic carbocycles. The first-order valence-corrected chi connectivity index (χ1v) is 11.4. The molecule has 0 spiro atoms. The number of para-hydroxylation sites is 1. The molecule has 0 bridgehead atoms. The van der Waals surface area contributed by atoms with Crippen LogP contribution in [0.5, 0.6) is 0 Å². The zero-order valence-corrected chi connectivity index (χ0v) is 20.6. The number of fused-ring (bicyclic) bond motifs is 1. The lowest BCUT2D eigenvalue weighted by Gasteiger charge is -2.12. The summed E-state index contributed by atoms with van der Waals surface area (Å²) in [4.78, 5) is 30.5. The molecule has 182 valence electrons. The van der Waals surface area contributed by atoms with Crippen molar-refractivity contribution in [1.29, 1.82) is 5.41 Å². The summed E-state index contributed by atoms with van der Waals surface area (Å²) in [7, 11) is 3.85. The zero-order valence-electron chi connectivity index (χ0n) is 19.1. The van der Waals surface area contributed by atoms with Crippen molar-refractivity contribution in [1.82, 2.24) is 34.6 Å². The van der Waals surface area contributed by atoms with Crippen molar-refractivity contribution < 1.29 is 4.52 Å². The number of nitrogens with zero attached hydrogens (tertiary/aromatic N) is 6. The van der Waals surface area contributed by atoms with E-state index in [-0.39, 0.29) is 32.8 Å². The zero-order chi connectivity index (χ0) is 25.4.